The van der Waals surface area contributed by atoms with Crippen LogP contribution in [-0.2, 0) is 19.1 Å². The molecule has 0 aromatic carbocycles. The monoisotopic (exact) mass is 674 g/mol. The Labute approximate surface area is 289 Å². The highest BCUT2D eigenvalue weighted by Gasteiger charge is 2.87. The van der Waals surface area contributed by atoms with Crippen LogP contribution in [0.25, 0.3) is 0 Å². The Morgan fingerprint density at radius 1 is 0.833 bits per heavy atom. The van der Waals surface area contributed by atoms with Crippen molar-refractivity contribution < 1.29 is 39.5 Å². The molecule has 4 rings (SSSR count). The predicted molar refractivity (Wildman–Crippen MR) is 187 cm³/mol. The average molecular weight is 675 g/mol. The van der Waals surface area contributed by atoms with Gasteiger partial charge in [0, 0.05) is 48.3 Å². The van der Waals surface area contributed by atoms with Gasteiger partial charge in [-0.1, -0.05) is 124 Å². The summed E-state index contributed by atoms with van der Waals surface area (Å²) in [6.45, 7) is 11.6. The van der Waals surface area contributed by atoms with Crippen LogP contribution < -0.4 is 0 Å². The average Bonchev–Trinajstić information content (AvgIpc) is 3.47. The Morgan fingerprint density at radius 2 is 1.35 bits per heavy atom. The molecule has 0 amide bonds. The number of fused-ring (bicyclic) bond motifs is 5. The van der Waals surface area contributed by atoms with Gasteiger partial charge in [0.25, 0.3) is 0 Å². The van der Waals surface area contributed by atoms with Crippen molar-refractivity contribution in [2.24, 2.45) is 29.1 Å². The molecule has 0 aliphatic heterocycles. The Bertz CT molecular complexity index is 1180. The van der Waals surface area contributed by atoms with E-state index in [1.54, 1.807) is 13.0 Å². The van der Waals surface area contributed by atoms with E-state index in [-0.39, 0.29) is 37.8 Å². The van der Waals surface area contributed by atoms with Crippen LogP contribution in [0.5, 0.6) is 0 Å². The molecule has 0 heterocycles. The summed E-state index contributed by atoms with van der Waals surface area (Å²) in [7, 11) is 0. The summed E-state index contributed by atoms with van der Waals surface area (Å²) >= 11 is 0. The first-order valence-corrected chi connectivity index (χ1v) is 19.3. The third-order valence-electron chi connectivity index (χ3n) is 12.7. The van der Waals surface area contributed by atoms with Gasteiger partial charge in [-0.3, -0.25) is 9.59 Å². The van der Waals surface area contributed by atoms with Crippen molar-refractivity contribution in [3.63, 3.8) is 0 Å². The second-order valence-corrected chi connectivity index (χ2v) is 16.3. The first kappa shape index (κ1) is 39.1. The van der Waals surface area contributed by atoms with Crippen LogP contribution in [0, 0.1) is 29.1 Å². The van der Waals surface area contributed by atoms with Gasteiger partial charge in [-0.05, 0) is 30.9 Å². The summed E-state index contributed by atoms with van der Waals surface area (Å²) in [5.74, 6) is -3.40. The second kappa shape index (κ2) is 16.1. The molecular weight excluding hydrogens is 608 g/mol. The molecule has 48 heavy (non-hydrogen) atoms. The van der Waals surface area contributed by atoms with E-state index in [1.807, 2.05) is 26.8 Å². The lowest BCUT2D eigenvalue weighted by Gasteiger charge is -2.53. The van der Waals surface area contributed by atoms with Gasteiger partial charge in [-0.25, -0.2) is 0 Å². The molecule has 2 saturated carbocycles. The van der Waals surface area contributed by atoms with Crippen LogP contribution in [0.2, 0.25) is 0 Å². The summed E-state index contributed by atoms with van der Waals surface area (Å²) in [5.41, 5.74) is -4.16. The molecule has 274 valence electrons. The van der Waals surface area contributed by atoms with E-state index < -0.39 is 58.1 Å². The van der Waals surface area contributed by atoms with Crippen LogP contribution >= 0.6 is 0 Å². The molecule has 0 radical (unpaired) electrons. The third-order valence-corrected chi connectivity index (χ3v) is 12.7. The molecule has 4 aliphatic rings. The first-order valence-electron chi connectivity index (χ1n) is 19.3. The fraction of sp³-hybridized carbons (Fsp3) is 0.850. The van der Waals surface area contributed by atoms with Crippen LogP contribution in [0.4, 0.5) is 0 Å². The molecule has 0 aromatic rings. The van der Waals surface area contributed by atoms with Gasteiger partial charge in [0.15, 0.2) is 5.60 Å². The van der Waals surface area contributed by atoms with Gasteiger partial charge < -0.3 is 29.9 Å². The van der Waals surface area contributed by atoms with Crippen LogP contribution in [0.3, 0.4) is 0 Å². The highest BCUT2D eigenvalue weighted by atomic mass is 16.6. The lowest BCUT2D eigenvalue weighted by molar-refractivity contribution is -0.235. The lowest BCUT2D eigenvalue weighted by Crippen LogP contribution is -2.66. The van der Waals surface area contributed by atoms with E-state index in [0.29, 0.717) is 17.6 Å². The normalized spacial score (nSPS) is 36.2. The van der Waals surface area contributed by atoms with Crippen molar-refractivity contribution in [3.05, 3.63) is 23.3 Å². The minimum absolute atomic E-state index is 0.00436. The van der Waals surface area contributed by atoms with Crippen molar-refractivity contribution in [1.82, 2.24) is 0 Å². The van der Waals surface area contributed by atoms with E-state index in [9.17, 15) is 30.0 Å². The maximum absolute atomic E-state index is 13.6. The number of unbranched alkanes of at least 4 members (excludes halogenated alkanes) is 12. The van der Waals surface area contributed by atoms with E-state index in [4.69, 9.17) is 9.47 Å². The van der Waals surface area contributed by atoms with Gasteiger partial charge in [0.05, 0.1) is 12.2 Å². The first-order chi connectivity index (χ1) is 22.8. The largest absolute Gasteiger partial charge is 0.458 e. The highest BCUT2D eigenvalue weighted by molar-refractivity contribution is 5.72. The van der Waals surface area contributed by atoms with Crippen molar-refractivity contribution in [3.8, 4) is 0 Å². The topological polar surface area (TPSA) is 134 Å². The van der Waals surface area contributed by atoms with Crippen molar-refractivity contribution in [1.29, 1.82) is 0 Å². The number of carbonyl (C=O) groups excluding carboxylic acids is 2. The van der Waals surface area contributed by atoms with Crippen LogP contribution in [-0.4, -0.2) is 68.0 Å². The van der Waals surface area contributed by atoms with E-state index >= 15 is 0 Å². The van der Waals surface area contributed by atoms with E-state index in [2.05, 4.69) is 13.8 Å². The summed E-state index contributed by atoms with van der Waals surface area (Å²) in [6.07, 6.45) is 16.9. The Hall–Kier alpha value is -1.74. The quantitative estimate of drug-likeness (QED) is 0.0648. The number of hydrogen-bond acceptors (Lipinski definition) is 8. The third kappa shape index (κ3) is 7.20. The highest BCUT2D eigenvalue weighted by Crippen LogP contribution is 2.77. The molecule has 0 aromatic heterocycles. The molecule has 4 N–H and O–H groups in total. The molecule has 8 heteroatoms. The van der Waals surface area contributed by atoms with Gasteiger partial charge in [-0.2, -0.15) is 0 Å². The van der Waals surface area contributed by atoms with Gasteiger partial charge >= 0.3 is 11.9 Å². The Morgan fingerprint density at radius 3 is 1.90 bits per heavy atom. The predicted octanol–water partition coefficient (Wildman–Crippen LogP) is 7.11. The van der Waals surface area contributed by atoms with E-state index in [0.717, 1.165) is 44.9 Å². The zero-order chi connectivity index (χ0) is 35.3. The van der Waals surface area contributed by atoms with Gasteiger partial charge in [0.2, 0.25) is 0 Å². The Balaban J connectivity index is 1.62. The number of aliphatic hydroxyl groups excluding tert-OH is 2. The minimum atomic E-state index is -1.74. The summed E-state index contributed by atoms with van der Waals surface area (Å²) in [5, 5.41) is 46.6. The zero-order valence-corrected chi connectivity index (χ0v) is 30.8. The van der Waals surface area contributed by atoms with Crippen molar-refractivity contribution in [2.45, 2.75) is 180 Å². The Kier molecular flexibility index (Phi) is 13.1. The fourth-order valence-electron chi connectivity index (χ4n) is 9.88. The number of hydrogen-bond donors (Lipinski definition) is 4. The SMILES string of the molecule is CCCCCCCCCC(=O)O[C@@H]1[C@@H](C)[C@@]2(O)[C@@H](C=C(CO)C[C@]3(O)C(O)C(C)=C[C@@H]23)[C@@H]2C(C)(C)[C@]12OC(=O)CCCCCCCCC. The number of esters is 2. The molecule has 8 nitrogen and oxygen atoms in total. The summed E-state index contributed by atoms with van der Waals surface area (Å²) in [6, 6.07) is 0. The van der Waals surface area contributed by atoms with Gasteiger partial charge in [0.1, 0.15) is 17.8 Å². The van der Waals surface area contributed by atoms with Crippen LogP contribution in [0.15, 0.2) is 23.3 Å². The number of aliphatic hydroxyl groups is 4. The van der Waals surface area contributed by atoms with Crippen molar-refractivity contribution in [2.75, 3.05) is 6.61 Å². The standard InChI is InChI=1S/C40H66O8/c1-7-9-11-13-15-17-19-21-32(42)47-36-28(4)39(46)30(24-29(26-41)25-38(45)31(39)23-27(3)35(38)44)34-37(5,6)40(34,36)48-33(43)22-20-18-16-14-12-10-8-2/h23-24,28,30-31,34-36,41,44-46H,7-22,25-26H2,1-6H3/t28-,30+,31-,34-,35?,36-,38-,39-,40-/m1/s1. The molecule has 2 fully saturated rings. The maximum atomic E-state index is 13.6. The summed E-state index contributed by atoms with van der Waals surface area (Å²) in [4.78, 5) is 27.2. The second-order valence-electron chi connectivity index (χ2n) is 16.3. The number of ether oxygens (including phenoxy) is 2. The lowest BCUT2D eigenvalue weighted by atomic mass is 9.58. The minimum Gasteiger partial charge on any atom is -0.458 e. The summed E-state index contributed by atoms with van der Waals surface area (Å²) < 4.78 is 12.9. The maximum Gasteiger partial charge on any atom is 0.306 e. The fourth-order valence-corrected chi connectivity index (χ4v) is 9.88. The molecule has 4 aliphatic carbocycles. The van der Waals surface area contributed by atoms with Crippen molar-refractivity contribution >= 4 is 11.9 Å². The van der Waals surface area contributed by atoms with Gasteiger partial charge in [-0.15, -0.1) is 0 Å². The van der Waals surface area contributed by atoms with Crippen LogP contribution in [0.1, 0.15) is 151 Å². The van der Waals surface area contributed by atoms with E-state index in [1.165, 1.54) is 38.5 Å². The molecule has 9 atom stereocenters. The number of rotatable bonds is 19. The number of carbonyl (C=O) groups is 2. The smallest absolute Gasteiger partial charge is 0.306 e. The molecule has 0 spiro atoms. The molecule has 0 bridgehead atoms. The molecule has 1 unspecified atom stereocenters. The zero-order valence-electron chi connectivity index (χ0n) is 30.8. The molecule has 0 saturated heterocycles. The molecular formula is C40H66O8.